The van der Waals surface area contributed by atoms with Gasteiger partial charge in [0.05, 0.1) is 0 Å². The predicted molar refractivity (Wildman–Crippen MR) is 41.8 cm³/mol. The molecule has 2 nitrogen and oxygen atoms in total. The van der Waals surface area contributed by atoms with E-state index in [1.54, 1.807) is 12.1 Å². The Morgan fingerprint density at radius 2 is 1.36 bits per heavy atom. The van der Waals surface area contributed by atoms with Gasteiger partial charge in [-0.05, 0) is 42.5 Å². The molecule has 0 heterocycles. The molecule has 1 aliphatic rings. The van der Waals surface area contributed by atoms with Gasteiger partial charge in [0.1, 0.15) is 0 Å². The zero-order valence-electron chi connectivity index (χ0n) is 6.17. The average molecular weight is 150 g/mol. The maximum atomic E-state index is 9.13. The summed E-state index contributed by atoms with van der Waals surface area (Å²) in [5.41, 5.74) is 2.36. The highest BCUT2D eigenvalue weighted by Gasteiger charge is 2.13. The van der Waals surface area contributed by atoms with Crippen molar-refractivity contribution in [1.29, 1.82) is 0 Å². The van der Waals surface area contributed by atoms with Crippen LogP contribution in [0.1, 0.15) is 17.5 Å². The number of rotatable bonds is 0. The average Bonchev–Trinajstić information content (AvgIpc) is 2.36. The van der Waals surface area contributed by atoms with Crippen LogP contribution in [-0.2, 0) is 12.8 Å². The van der Waals surface area contributed by atoms with Gasteiger partial charge in [-0.15, -0.1) is 0 Å². The third-order valence-electron chi connectivity index (χ3n) is 2.19. The van der Waals surface area contributed by atoms with Crippen LogP contribution in [0.5, 0.6) is 11.5 Å². The van der Waals surface area contributed by atoms with E-state index in [4.69, 9.17) is 10.2 Å². The molecule has 0 aliphatic heterocycles. The van der Waals surface area contributed by atoms with E-state index in [1.165, 1.54) is 11.1 Å². The van der Waals surface area contributed by atoms with Gasteiger partial charge in [0.2, 0.25) is 0 Å². The van der Waals surface area contributed by atoms with Crippen LogP contribution >= 0.6 is 0 Å². The molecule has 0 bridgehead atoms. The fourth-order valence-corrected chi connectivity index (χ4v) is 1.60. The molecule has 0 spiro atoms. The van der Waals surface area contributed by atoms with Crippen molar-refractivity contribution >= 4 is 0 Å². The van der Waals surface area contributed by atoms with Crippen molar-refractivity contribution in [2.45, 2.75) is 19.3 Å². The van der Waals surface area contributed by atoms with Gasteiger partial charge in [-0.3, -0.25) is 0 Å². The molecule has 1 aromatic rings. The number of aromatic hydroxyl groups is 2. The number of phenolic OH excluding ortho intramolecular Hbond substituents is 2. The summed E-state index contributed by atoms with van der Waals surface area (Å²) in [6.07, 6.45) is 3.20. The number of hydrogen-bond acceptors (Lipinski definition) is 2. The summed E-state index contributed by atoms with van der Waals surface area (Å²) in [7, 11) is 0. The second-order valence-corrected chi connectivity index (χ2v) is 2.96. The first-order valence-electron chi connectivity index (χ1n) is 3.81. The summed E-state index contributed by atoms with van der Waals surface area (Å²) in [6, 6.07) is 3.33. The molecule has 0 saturated heterocycles. The molecule has 2 rings (SSSR count). The van der Waals surface area contributed by atoms with Crippen molar-refractivity contribution in [3.63, 3.8) is 0 Å². The Labute approximate surface area is 65.1 Å². The predicted octanol–water partition coefficient (Wildman–Crippen LogP) is 1.59. The van der Waals surface area contributed by atoms with Crippen molar-refractivity contribution in [1.82, 2.24) is 0 Å². The minimum Gasteiger partial charge on any atom is -0.504 e. The lowest BCUT2D eigenvalue weighted by molar-refractivity contribution is 0.403. The van der Waals surface area contributed by atoms with E-state index in [9.17, 15) is 0 Å². The SMILES string of the molecule is Oc1cc2c(cc1O)CCC2. The van der Waals surface area contributed by atoms with Crippen LogP contribution in [0.3, 0.4) is 0 Å². The van der Waals surface area contributed by atoms with E-state index in [-0.39, 0.29) is 11.5 Å². The Morgan fingerprint density at radius 3 is 1.82 bits per heavy atom. The first-order chi connectivity index (χ1) is 5.27. The van der Waals surface area contributed by atoms with Gasteiger partial charge in [0.15, 0.2) is 11.5 Å². The third kappa shape index (κ3) is 0.946. The van der Waals surface area contributed by atoms with Crippen molar-refractivity contribution in [3.05, 3.63) is 23.3 Å². The monoisotopic (exact) mass is 150 g/mol. The Balaban J connectivity index is 2.57. The Morgan fingerprint density at radius 1 is 0.909 bits per heavy atom. The quantitative estimate of drug-likeness (QED) is 0.551. The molecular formula is C9H10O2. The summed E-state index contributed by atoms with van der Waals surface area (Å²) in [4.78, 5) is 0. The lowest BCUT2D eigenvalue weighted by Crippen LogP contribution is -1.80. The van der Waals surface area contributed by atoms with Gasteiger partial charge >= 0.3 is 0 Å². The van der Waals surface area contributed by atoms with Crippen LogP contribution in [0.4, 0.5) is 0 Å². The van der Waals surface area contributed by atoms with Gasteiger partial charge in [-0.2, -0.15) is 0 Å². The number of benzene rings is 1. The number of aryl methyl sites for hydroxylation is 2. The molecule has 58 valence electrons. The van der Waals surface area contributed by atoms with Crippen LogP contribution in [0.15, 0.2) is 12.1 Å². The fourth-order valence-electron chi connectivity index (χ4n) is 1.60. The summed E-state index contributed by atoms with van der Waals surface area (Å²) < 4.78 is 0. The molecule has 1 aliphatic carbocycles. The maximum Gasteiger partial charge on any atom is 0.157 e. The zero-order valence-corrected chi connectivity index (χ0v) is 6.17. The number of hydrogen-bond donors (Lipinski definition) is 2. The van der Waals surface area contributed by atoms with Crippen LogP contribution in [0.2, 0.25) is 0 Å². The normalized spacial score (nSPS) is 14.9. The molecular weight excluding hydrogens is 140 g/mol. The van der Waals surface area contributed by atoms with Crippen molar-refractivity contribution in [2.24, 2.45) is 0 Å². The lowest BCUT2D eigenvalue weighted by atomic mass is 10.1. The molecule has 1 aromatic carbocycles. The van der Waals surface area contributed by atoms with Crippen LogP contribution < -0.4 is 0 Å². The van der Waals surface area contributed by atoms with Gasteiger partial charge < -0.3 is 10.2 Å². The first kappa shape index (κ1) is 6.53. The van der Waals surface area contributed by atoms with Gasteiger partial charge in [-0.25, -0.2) is 0 Å². The Hall–Kier alpha value is -1.18. The van der Waals surface area contributed by atoms with E-state index in [1.807, 2.05) is 0 Å². The van der Waals surface area contributed by atoms with Crippen LogP contribution in [-0.4, -0.2) is 10.2 Å². The zero-order chi connectivity index (χ0) is 7.84. The summed E-state index contributed by atoms with van der Waals surface area (Å²) in [5.74, 6) is 0.0105. The Kier molecular flexibility index (Phi) is 1.28. The smallest absolute Gasteiger partial charge is 0.157 e. The van der Waals surface area contributed by atoms with E-state index >= 15 is 0 Å². The summed E-state index contributed by atoms with van der Waals surface area (Å²) in [6.45, 7) is 0. The largest absolute Gasteiger partial charge is 0.504 e. The molecule has 0 atom stereocenters. The molecule has 0 aromatic heterocycles. The van der Waals surface area contributed by atoms with Crippen LogP contribution in [0.25, 0.3) is 0 Å². The molecule has 0 radical (unpaired) electrons. The minimum absolute atomic E-state index is 0.00523. The molecule has 2 heteroatoms. The van der Waals surface area contributed by atoms with Gasteiger partial charge in [0.25, 0.3) is 0 Å². The Bertz CT molecular complexity index is 263. The minimum atomic E-state index is 0.00523. The first-order valence-corrected chi connectivity index (χ1v) is 3.81. The second kappa shape index (κ2) is 2.16. The lowest BCUT2D eigenvalue weighted by Gasteiger charge is -2.01. The summed E-state index contributed by atoms with van der Waals surface area (Å²) >= 11 is 0. The summed E-state index contributed by atoms with van der Waals surface area (Å²) in [5, 5.41) is 18.3. The third-order valence-corrected chi connectivity index (χ3v) is 2.19. The highest BCUT2D eigenvalue weighted by molar-refractivity contribution is 5.47. The number of phenols is 2. The van der Waals surface area contributed by atoms with E-state index < -0.39 is 0 Å². The van der Waals surface area contributed by atoms with E-state index in [0.717, 1.165) is 19.3 Å². The second-order valence-electron chi connectivity index (χ2n) is 2.96. The molecule has 0 fully saturated rings. The van der Waals surface area contributed by atoms with Crippen molar-refractivity contribution in [3.8, 4) is 11.5 Å². The fraction of sp³-hybridized carbons (Fsp3) is 0.333. The standard InChI is InChI=1S/C9H10O2/c10-8-4-6-2-1-3-7(6)5-9(8)11/h4-5,10-11H,1-3H2. The molecule has 11 heavy (non-hydrogen) atoms. The van der Waals surface area contributed by atoms with E-state index in [2.05, 4.69) is 0 Å². The van der Waals surface area contributed by atoms with Gasteiger partial charge in [0, 0.05) is 0 Å². The molecule has 0 amide bonds. The van der Waals surface area contributed by atoms with Crippen molar-refractivity contribution in [2.75, 3.05) is 0 Å². The topological polar surface area (TPSA) is 40.5 Å². The highest BCUT2D eigenvalue weighted by atomic mass is 16.3. The molecule has 0 saturated carbocycles. The molecule has 0 unspecified atom stereocenters. The highest BCUT2D eigenvalue weighted by Crippen LogP contribution is 2.32. The van der Waals surface area contributed by atoms with Gasteiger partial charge in [-0.1, -0.05) is 0 Å². The van der Waals surface area contributed by atoms with Crippen molar-refractivity contribution < 1.29 is 10.2 Å². The number of fused-ring (bicyclic) bond motifs is 1. The maximum absolute atomic E-state index is 9.13. The van der Waals surface area contributed by atoms with Crippen LogP contribution in [0, 0.1) is 0 Å². The molecule has 2 N–H and O–H groups in total. The van der Waals surface area contributed by atoms with E-state index in [0.29, 0.717) is 0 Å².